The normalized spacial score (nSPS) is 16.6. The third kappa shape index (κ3) is 3.89. The van der Waals surface area contributed by atoms with E-state index >= 15 is 0 Å². The summed E-state index contributed by atoms with van der Waals surface area (Å²) < 4.78 is 0. The quantitative estimate of drug-likeness (QED) is 0.820. The van der Waals surface area contributed by atoms with Gasteiger partial charge in [-0.2, -0.15) is 11.8 Å². The van der Waals surface area contributed by atoms with Gasteiger partial charge in [0.2, 0.25) is 0 Å². The maximum absolute atomic E-state index is 4.47. The number of nitrogens with zero attached hydrogens (tertiary/aromatic N) is 2. The Morgan fingerprint density at radius 2 is 2.33 bits per heavy atom. The average Bonchev–Trinajstić information content (AvgIpc) is 3.20. The summed E-state index contributed by atoms with van der Waals surface area (Å²) in [5.41, 5.74) is 1.33. The van der Waals surface area contributed by atoms with E-state index in [-0.39, 0.29) is 0 Å². The number of nitrogens with one attached hydrogen (secondary N) is 1. The van der Waals surface area contributed by atoms with Gasteiger partial charge in [-0.3, -0.25) is 0 Å². The Morgan fingerprint density at radius 1 is 1.56 bits per heavy atom. The first-order valence-corrected chi connectivity index (χ1v) is 8.00. The summed E-state index contributed by atoms with van der Waals surface area (Å²) in [7, 11) is 2.13. The number of aromatic nitrogens is 1. The molecule has 0 spiro atoms. The van der Waals surface area contributed by atoms with E-state index in [9.17, 15) is 0 Å². The standard InChI is InChI=1S/C14H23N3S/c1-11(10-18-3)17(2)14-8-12(6-7-15-14)9-16-13-4-5-13/h6-8,11,13,16H,4-5,9-10H2,1-3H3. The molecular weight excluding hydrogens is 242 g/mol. The Bertz CT molecular complexity index is 379. The summed E-state index contributed by atoms with van der Waals surface area (Å²) >= 11 is 1.88. The van der Waals surface area contributed by atoms with Crippen LogP contribution in [0.2, 0.25) is 0 Å². The van der Waals surface area contributed by atoms with Gasteiger partial charge in [-0.1, -0.05) is 0 Å². The van der Waals surface area contributed by atoms with Gasteiger partial charge >= 0.3 is 0 Å². The van der Waals surface area contributed by atoms with E-state index in [1.807, 2.05) is 18.0 Å². The summed E-state index contributed by atoms with van der Waals surface area (Å²) in [5.74, 6) is 2.20. The van der Waals surface area contributed by atoms with Crippen LogP contribution in [0.5, 0.6) is 0 Å². The molecule has 1 saturated carbocycles. The second-order valence-corrected chi connectivity index (χ2v) is 6.00. The minimum absolute atomic E-state index is 0.513. The fraction of sp³-hybridized carbons (Fsp3) is 0.643. The summed E-state index contributed by atoms with van der Waals surface area (Å²) in [6.07, 6.45) is 6.74. The lowest BCUT2D eigenvalue weighted by Crippen LogP contribution is -2.31. The van der Waals surface area contributed by atoms with Gasteiger partial charge < -0.3 is 10.2 Å². The van der Waals surface area contributed by atoms with Crippen molar-refractivity contribution in [1.29, 1.82) is 0 Å². The molecule has 1 aromatic heterocycles. The first-order chi connectivity index (χ1) is 8.70. The Hall–Kier alpha value is -0.740. The maximum atomic E-state index is 4.47. The van der Waals surface area contributed by atoms with Crippen LogP contribution < -0.4 is 10.2 Å². The molecule has 1 fully saturated rings. The second kappa shape index (κ2) is 6.43. The largest absolute Gasteiger partial charge is 0.356 e. The molecule has 1 unspecified atom stereocenters. The first-order valence-electron chi connectivity index (χ1n) is 6.60. The Labute approximate surface area is 114 Å². The summed E-state index contributed by atoms with van der Waals surface area (Å²) in [6.45, 7) is 3.21. The van der Waals surface area contributed by atoms with Crippen molar-refractivity contribution < 1.29 is 0 Å². The topological polar surface area (TPSA) is 28.2 Å². The maximum Gasteiger partial charge on any atom is 0.128 e. The molecule has 100 valence electrons. The smallest absolute Gasteiger partial charge is 0.128 e. The van der Waals surface area contributed by atoms with Crippen molar-refractivity contribution in [2.75, 3.05) is 24.0 Å². The monoisotopic (exact) mass is 265 g/mol. The van der Waals surface area contributed by atoms with Gasteiger partial charge in [0.05, 0.1) is 0 Å². The molecule has 0 saturated heterocycles. The number of rotatable bonds is 7. The van der Waals surface area contributed by atoms with Crippen LogP contribution in [-0.2, 0) is 6.54 Å². The third-order valence-corrected chi connectivity index (χ3v) is 4.23. The molecule has 2 rings (SSSR count). The highest BCUT2D eigenvalue weighted by Gasteiger charge is 2.20. The van der Waals surface area contributed by atoms with Crippen LogP contribution in [0.25, 0.3) is 0 Å². The molecule has 0 radical (unpaired) electrons. The van der Waals surface area contributed by atoms with Gasteiger partial charge in [0.25, 0.3) is 0 Å². The highest BCUT2D eigenvalue weighted by molar-refractivity contribution is 7.98. The van der Waals surface area contributed by atoms with Crippen LogP contribution in [0.1, 0.15) is 25.3 Å². The fourth-order valence-corrected chi connectivity index (χ4v) is 2.60. The molecule has 18 heavy (non-hydrogen) atoms. The lowest BCUT2D eigenvalue weighted by molar-refractivity contribution is 0.685. The number of pyridine rings is 1. The molecule has 4 heteroatoms. The van der Waals surface area contributed by atoms with E-state index in [4.69, 9.17) is 0 Å². The molecule has 1 N–H and O–H groups in total. The second-order valence-electron chi connectivity index (χ2n) is 5.09. The summed E-state index contributed by atoms with van der Waals surface area (Å²) in [4.78, 5) is 6.74. The molecule has 1 heterocycles. The van der Waals surface area contributed by atoms with Gasteiger partial charge in [-0.05, 0) is 43.7 Å². The van der Waals surface area contributed by atoms with Crippen molar-refractivity contribution in [3.05, 3.63) is 23.9 Å². The number of hydrogen-bond acceptors (Lipinski definition) is 4. The Morgan fingerprint density at radius 3 is 3.00 bits per heavy atom. The van der Waals surface area contributed by atoms with Crippen LogP contribution >= 0.6 is 11.8 Å². The molecule has 3 nitrogen and oxygen atoms in total. The van der Waals surface area contributed by atoms with Gasteiger partial charge in [0, 0.05) is 37.6 Å². The van der Waals surface area contributed by atoms with Gasteiger partial charge in [0.1, 0.15) is 5.82 Å². The average molecular weight is 265 g/mol. The molecule has 1 aliphatic carbocycles. The van der Waals surface area contributed by atoms with Crippen molar-refractivity contribution in [3.63, 3.8) is 0 Å². The zero-order valence-corrected chi connectivity index (χ0v) is 12.3. The van der Waals surface area contributed by atoms with Gasteiger partial charge in [0.15, 0.2) is 0 Å². The molecular formula is C14H23N3S. The van der Waals surface area contributed by atoms with E-state index in [0.29, 0.717) is 6.04 Å². The molecule has 1 aromatic rings. The number of thioether (sulfide) groups is 1. The van der Waals surface area contributed by atoms with Crippen molar-refractivity contribution in [3.8, 4) is 0 Å². The predicted octanol–water partition coefficient (Wildman–Crippen LogP) is 2.52. The van der Waals surface area contributed by atoms with Crippen molar-refractivity contribution >= 4 is 17.6 Å². The molecule has 0 bridgehead atoms. The van der Waals surface area contributed by atoms with Crippen LogP contribution in [-0.4, -0.2) is 36.1 Å². The molecule has 0 aliphatic heterocycles. The first kappa shape index (κ1) is 13.7. The lowest BCUT2D eigenvalue weighted by atomic mass is 10.2. The Kier molecular flexibility index (Phi) is 4.89. The van der Waals surface area contributed by atoms with Crippen molar-refractivity contribution in [2.45, 2.75) is 38.4 Å². The minimum atomic E-state index is 0.513. The van der Waals surface area contributed by atoms with E-state index in [1.54, 1.807) is 0 Å². The summed E-state index contributed by atoms with van der Waals surface area (Å²) in [5, 5.41) is 3.54. The number of hydrogen-bond donors (Lipinski definition) is 1. The van der Waals surface area contributed by atoms with E-state index in [2.05, 4.69) is 47.6 Å². The molecule has 1 atom stereocenters. The van der Waals surface area contributed by atoms with Gasteiger partial charge in [-0.25, -0.2) is 4.98 Å². The van der Waals surface area contributed by atoms with E-state index in [0.717, 1.165) is 24.2 Å². The zero-order chi connectivity index (χ0) is 13.0. The van der Waals surface area contributed by atoms with E-state index < -0.39 is 0 Å². The molecule has 0 amide bonds. The van der Waals surface area contributed by atoms with E-state index in [1.165, 1.54) is 18.4 Å². The highest BCUT2D eigenvalue weighted by atomic mass is 32.2. The van der Waals surface area contributed by atoms with Crippen LogP contribution in [0.3, 0.4) is 0 Å². The Balaban J connectivity index is 1.96. The molecule has 0 aromatic carbocycles. The minimum Gasteiger partial charge on any atom is -0.356 e. The molecule has 1 aliphatic rings. The lowest BCUT2D eigenvalue weighted by Gasteiger charge is -2.25. The third-order valence-electron chi connectivity index (χ3n) is 3.41. The van der Waals surface area contributed by atoms with Gasteiger partial charge in [-0.15, -0.1) is 0 Å². The number of anilines is 1. The van der Waals surface area contributed by atoms with Crippen molar-refractivity contribution in [2.24, 2.45) is 0 Å². The fourth-order valence-electron chi connectivity index (χ4n) is 1.89. The zero-order valence-electron chi connectivity index (χ0n) is 11.5. The predicted molar refractivity (Wildman–Crippen MR) is 80.3 cm³/mol. The van der Waals surface area contributed by atoms with Crippen LogP contribution in [0.4, 0.5) is 5.82 Å². The van der Waals surface area contributed by atoms with Crippen LogP contribution in [0.15, 0.2) is 18.3 Å². The summed E-state index contributed by atoms with van der Waals surface area (Å²) in [6, 6.07) is 5.58. The SMILES string of the molecule is CSCC(C)N(C)c1cc(CNC2CC2)ccn1. The highest BCUT2D eigenvalue weighted by Crippen LogP contribution is 2.20. The van der Waals surface area contributed by atoms with Crippen molar-refractivity contribution in [1.82, 2.24) is 10.3 Å². The van der Waals surface area contributed by atoms with Crippen LogP contribution in [0, 0.1) is 0 Å².